The number of pyridine rings is 1. The summed E-state index contributed by atoms with van der Waals surface area (Å²) in [6, 6.07) is 9.06. The molecule has 3 rings (SSSR count). The van der Waals surface area contributed by atoms with E-state index < -0.39 is 0 Å². The van der Waals surface area contributed by atoms with Crippen LogP contribution in [0.15, 0.2) is 42.7 Å². The average molecular weight is 354 g/mol. The number of hydrogen-bond donors (Lipinski definition) is 2. The van der Waals surface area contributed by atoms with Crippen molar-refractivity contribution < 1.29 is 14.3 Å². The number of aromatic nitrogens is 1. The number of carbonyl (C=O) groups is 2. The molecule has 2 amide bonds. The second-order valence-electron chi connectivity index (χ2n) is 6.40. The van der Waals surface area contributed by atoms with E-state index in [2.05, 4.69) is 15.6 Å². The molecule has 0 atom stereocenters. The molecule has 1 aliphatic carbocycles. The lowest BCUT2D eigenvalue weighted by atomic mass is 10.2. The van der Waals surface area contributed by atoms with Crippen LogP contribution in [0.2, 0.25) is 0 Å². The van der Waals surface area contributed by atoms with Gasteiger partial charge in [-0.15, -0.1) is 0 Å². The van der Waals surface area contributed by atoms with Crippen molar-refractivity contribution in [2.45, 2.75) is 18.9 Å². The van der Waals surface area contributed by atoms with Gasteiger partial charge in [-0.3, -0.25) is 14.6 Å². The van der Waals surface area contributed by atoms with E-state index in [-0.39, 0.29) is 18.4 Å². The van der Waals surface area contributed by atoms with Gasteiger partial charge in [0.25, 0.3) is 11.8 Å². The van der Waals surface area contributed by atoms with Crippen molar-refractivity contribution in [2.24, 2.45) is 0 Å². The maximum Gasteiger partial charge on any atom is 0.259 e. The van der Waals surface area contributed by atoms with Crippen LogP contribution in [0.1, 0.15) is 23.2 Å². The molecule has 0 bridgehead atoms. The van der Waals surface area contributed by atoms with Crippen LogP contribution in [0.3, 0.4) is 0 Å². The fraction of sp³-hybridized carbons (Fsp3) is 0.316. The number of nitrogens with one attached hydrogen (secondary N) is 2. The summed E-state index contributed by atoms with van der Waals surface area (Å²) in [5, 5.41) is 6.25. The molecule has 136 valence electrons. The Morgan fingerprint density at radius 1 is 1.23 bits per heavy atom. The molecule has 7 heteroatoms. The number of nitrogens with zero attached hydrogens (tertiary/aromatic N) is 2. The van der Waals surface area contributed by atoms with Crippen LogP contribution in [0.4, 0.5) is 11.4 Å². The lowest BCUT2D eigenvalue weighted by molar-refractivity contribution is -0.130. The first-order chi connectivity index (χ1) is 12.5. The molecule has 7 nitrogen and oxygen atoms in total. The Bertz CT molecular complexity index is 803. The summed E-state index contributed by atoms with van der Waals surface area (Å²) in [5.74, 6) is 0.0580. The van der Waals surface area contributed by atoms with E-state index in [1.54, 1.807) is 50.8 Å². The summed E-state index contributed by atoms with van der Waals surface area (Å²) in [4.78, 5) is 29.7. The largest absolute Gasteiger partial charge is 0.484 e. The van der Waals surface area contributed by atoms with Crippen LogP contribution >= 0.6 is 0 Å². The average Bonchev–Trinajstić information content (AvgIpc) is 3.45. The van der Waals surface area contributed by atoms with Gasteiger partial charge in [0, 0.05) is 31.9 Å². The summed E-state index contributed by atoms with van der Waals surface area (Å²) in [6.07, 6.45) is 5.59. The molecule has 1 aromatic heterocycles. The Labute approximate surface area is 152 Å². The summed E-state index contributed by atoms with van der Waals surface area (Å²) < 4.78 is 5.46. The van der Waals surface area contributed by atoms with Gasteiger partial charge in [0.1, 0.15) is 5.75 Å². The highest BCUT2D eigenvalue weighted by atomic mass is 16.5. The molecule has 2 aromatic rings. The van der Waals surface area contributed by atoms with E-state index in [0.29, 0.717) is 23.0 Å². The molecular weight excluding hydrogens is 332 g/mol. The van der Waals surface area contributed by atoms with E-state index in [1.807, 2.05) is 6.07 Å². The quantitative estimate of drug-likeness (QED) is 0.798. The van der Waals surface area contributed by atoms with Crippen molar-refractivity contribution in [3.8, 4) is 5.75 Å². The molecule has 1 heterocycles. The normalized spacial score (nSPS) is 13.0. The minimum Gasteiger partial charge on any atom is -0.484 e. The van der Waals surface area contributed by atoms with E-state index >= 15 is 0 Å². The van der Waals surface area contributed by atoms with E-state index in [1.165, 1.54) is 4.90 Å². The van der Waals surface area contributed by atoms with Gasteiger partial charge in [-0.05, 0) is 37.1 Å². The third-order valence-electron chi connectivity index (χ3n) is 3.96. The molecule has 2 N–H and O–H groups in total. The molecule has 0 unspecified atom stereocenters. The zero-order valence-electron chi connectivity index (χ0n) is 14.9. The van der Waals surface area contributed by atoms with Crippen molar-refractivity contribution in [1.82, 2.24) is 9.88 Å². The number of anilines is 2. The highest BCUT2D eigenvalue weighted by Crippen LogP contribution is 2.29. The van der Waals surface area contributed by atoms with Gasteiger partial charge < -0.3 is 20.3 Å². The predicted octanol–water partition coefficient (Wildman–Crippen LogP) is 2.38. The Morgan fingerprint density at radius 3 is 2.77 bits per heavy atom. The first kappa shape index (κ1) is 17.7. The van der Waals surface area contributed by atoms with Gasteiger partial charge in [-0.25, -0.2) is 0 Å². The van der Waals surface area contributed by atoms with Gasteiger partial charge in [0.2, 0.25) is 0 Å². The van der Waals surface area contributed by atoms with Crippen LogP contribution in [-0.2, 0) is 4.79 Å². The summed E-state index contributed by atoms with van der Waals surface area (Å²) in [7, 11) is 3.33. The maximum atomic E-state index is 12.6. The van der Waals surface area contributed by atoms with Crippen LogP contribution < -0.4 is 15.4 Å². The van der Waals surface area contributed by atoms with Crippen molar-refractivity contribution in [3.05, 3.63) is 48.3 Å². The SMILES string of the molecule is CN(C)C(=O)COc1cccc(C(=O)Nc2cnccc2NC2CC2)c1. The van der Waals surface area contributed by atoms with Gasteiger partial charge >= 0.3 is 0 Å². The number of hydrogen-bond acceptors (Lipinski definition) is 5. The van der Waals surface area contributed by atoms with Gasteiger partial charge in [-0.1, -0.05) is 6.07 Å². The van der Waals surface area contributed by atoms with Crippen LogP contribution in [0.25, 0.3) is 0 Å². The number of carbonyl (C=O) groups excluding carboxylic acids is 2. The molecule has 26 heavy (non-hydrogen) atoms. The first-order valence-electron chi connectivity index (χ1n) is 8.48. The number of likely N-dealkylation sites (N-methyl/N-ethyl adjacent to an activating group) is 1. The standard InChI is InChI=1S/C19H22N4O3/c1-23(2)18(24)12-26-15-5-3-4-13(10-15)19(25)22-17-11-20-9-8-16(17)21-14-6-7-14/h3-5,8-11,14H,6-7,12H2,1-2H3,(H,20,21)(H,22,25). The second kappa shape index (κ2) is 7.86. The Kier molecular flexibility index (Phi) is 5.36. The number of amides is 2. The number of rotatable bonds is 7. The molecule has 1 saturated carbocycles. The maximum absolute atomic E-state index is 12.6. The number of benzene rings is 1. The molecule has 0 spiro atoms. The summed E-state index contributed by atoms with van der Waals surface area (Å²) in [6.45, 7) is -0.0733. The molecule has 1 fully saturated rings. The first-order valence-corrected chi connectivity index (χ1v) is 8.48. The van der Waals surface area contributed by atoms with E-state index in [9.17, 15) is 9.59 Å². The van der Waals surface area contributed by atoms with Crippen molar-refractivity contribution in [1.29, 1.82) is 0 Å². The van der Waals surface area contributed by atoms with Gasteiger partial charge in [0.05, 0.1) is 17.6 Å². The molecule has 0 saturated heterocycles. The fourth-order valence-electron chi connectivity index (χ4n) is 2.26. The predicted molar refractivity (Wildman–Crippen MR) is 99.5 cm³/mol. The summed E-state index contributed by atoms with van der Waals surface area (Å²) >= 11 is 0. The monoisotopic (exact) mass is 354 g/mol. The highest BCUT2D eigenvalue weighted by Gasteiger charge is 2.22. The fourth-order valence-corrected chi connectivity index (χ4v) is 2.26. The lowest BCUT2D eigenvalue weighted by Crippen LogP contribution is -2.27. The topological polar surface area (TPSA) is 83.6 Å². The highest BCUT2D eigenvalue weighted by molar-refractivity contribution is 6.06. The van der Waals surface area contributed by atoms with Crippen molar-refractivity contribution in [3.63, 3.8) is 0 Å². The molecule has 0 radical (unpaired) electrons. The smallest absolute Gasteiger partial charge is 0.259 e. The molecular formula is C19H22N4O3. The van der Waals surface area contributed by atoms with Crippen molar-refractivity contribution >= 4 is 23.2 Å². The minimum atomic E-state index is -0.263. The zero-order chi connectivity index (χ0) is 18.5. The number of ether oxygens (including phenoxy) is 1. The summed E-state index contributed by atoms with van der Waals surface area (Å²) in [5.41, 5.74) is 1.94. The Balaban J connectivity index is 1.66. The third kappa shape index (κ3) is 4.72. The Hall–Kier alpha value is -3.09. The van der Waals surface area contributed by atoms with Gasteiger partial charge in [-0.2, -0.15) is 0 Å². The van der Waals surface area contributed by atoms with E-state index in [4.69, 9.17) is 4.74 Å². The van der Waals surface area contributed by atoms with Gasteiger partial charge in [0.15, 0.2) is 6.61 Å². The van der Waals surface area contributed by atoms with Crippen molar-refractivity contribution in [2.75, 3.05) is 31.3 Å². The zero-order valence-corrected chi connectivity index (χ0v) is 14.9. The van der Waals surface area contributed by atoms with E-state index in [0.717, 1.165) is 18.5 Å². The Morgan fingerprint density at radius 2 is 2.04 bits per heavy atom. The minimum absolute atomic E-state index is 0.0733. The molecule has 0 aliphatic heterocycles. The van der Waals surface area contributed by atoms with Crippen LogP contribution in [0.5, 0.6) is 5.75 Å². The molecule has 1 aromatic carbocycles. The lowest BCUT2D eigenvalue weighted by Gasteiger charge is -2.13. The second-order valence-corrected chi connectivity index (χ2v) is 6.40. The van der Waals surface area contributed by atoms with Crippen LogP contribution in [-0.4, -0.2) is 48.4 Å². The van der Waals surface area contributed by atoms with Crippen LogP contribution in [0, 0.1) is 0 Å². The molecule has 1 aliphatic rings. The third-order valence-corrected chi connectivity index (χ3v) is 3.96.